The van der Waals surface area contributed by atoms with E-state index in [1.165, 1.54) is 22.3 Å². The van der Waals surface area contributed by atoms with Crippen LogP contribution < -0.4 is 14.2 Å². The number of ether oxygens (including phenoxy) is 3. The van der Waals surface area contributed by atoms with Gasteiger partial charge in [0.2, 0.25) is 0 Å². The Labute approximate surface area is 174 Å². The first-order chi connectivity index (χ1) is 14.0. The number of hydrogen-bond donors (Lipinski definition) is 0. The molecule has 152 valence electrons. The van der Waals surface area contributed by atoms with Gasteiger partial charge < -0.3 is 14.2 Å². The van der Waals surface area contributed by atoms with Crippen LogP contribution in [-0.2, 0) is 6.42 Å². The lowest BCUT2D eigenvalue weighted by atomic mass is 9.83. The van der Waals surface area contributed by atoms with E-state index in [4.69, 9.17) is 14.2 Å². The van der Waals surface area contributed by atoms with E-state index < -0.39 is 0 Å². The van der Waals surface area contributed by atoms with Crippen molar-refractivity contribution in [2.24, 2.45) is 0 Å². The monoisotopic (exact) mass is 390 g/mol. The molecule has 0 aliphatic rings. The predicted molar refractivity (Wildman–Crippen MR) is 119 cm³/mol. The zero-order chi connectivity index (χ0) is 21.0. The number of methoxy groups -OCH3 is 3. The first kappa shape index (κ1) is 20.8. The highest BCUT2D eigenvalue weighted by Crippen LogP contribution is 2.36. The quantitative estimate of drug-likeness (QED) is 0.494. The van der Waals surface area contributed by atoms with Crippen LogP contribution in [-0.4, -0.2) is 21.3 Å². The largest absolute Gasteiger partial charge is 0.496 e. The highest BCUT2D eigenvalue weighted by atomic mass is 16.5. The lowest BCUT2D eigenvalue weighted by Crippen LogP contribution is -2.09. The molecule has 3 aromatic rings. The molecule has 0 bridgehead atoms. The Morgan fingerprint density at radius 2 is 1.14 bits per heavy atom. The molecule has 0 unspecified atom stereocenters. The Morgan fingerprint density at radius 3 is 1.59 bits per heavy atom. The second-order valence-corrected chi connectivity index (χ2v) is 7.47. The van der Waals surface area contributed by atoms with E-state index in [0.29, 0.717) is 0 Å². The summed E-state index contributed by atoms with van der Waals surface area (Å²) in [6, 6.07) is 19.1. The molecule has 0 aliphatic heterocycles. The topological polar surface area (TPSA) is 27.7 Å². The minimum atomic E-state index is 0.194. The maximum Gasteiger partial charge on any atom is 0.122 e. The Bertz CT molecular complexity index is 938. The molecule has 0 fully saturated rings. The maximum atomic E-state index is 5.68. The molecule has 0 amide bonds. The standard InChI is InChI=1S/C26H30O3/c1-17-8-7-9-26(29-6)22(17)16-23(20-10-12-24(27-4)18(2)14-20)21-11-13-25(28-5)19(3)15-21/h7-15,23H,16H2,1-6H3. The van der Waals surface area contributed by atoms with E-state index in [1.807, 2.05) is 12.1 Å². The highest BCUT2D eigenvalue weighted by molar-refractivity contribution is 5.48. The summed E-state index contributed by atoms with van der Waals surface area (Å²) in [6.45, 7) is 6.33. The molecule has 0 aromatic heterocycles. The van der Waals surface area contributed by atoms with Crippen molar-refractivity contribution in [2.75, 3.05) is 21.3 Å². The molecule has 3 nitrogen and oxygen atoms in total. The van der Waals surface area contributed by atoms with Gasteiger partial charge in [0, 0.05) is 5.92 Å². The van der Waals surface area contributed by atoms with Crippen LogP contribution >= 0.6 is 0 Å². The van der Waals surface area contributed by atoms with Crippen LogP contribution in [0.4, 0.5) is 0 Å². The Kier molecular flexibility index (Phi) is 6.48. The van der Waals surface area contributed by atoms with Gasteiger partial charge in [-0.3, -0.25) is 0 Å². The first-order valence-electron chi connectivity index (χ1n) is 9.90. The summed E-state index contributed by atoms with van der Waals surface area (Å²) in [7, 11) is 5.16. The molecule has 0 saturated heterocycles. The van der Waals surface area contributed by atoms with Crippen LogP contribution in [0.2, 0.25) is 0 Å². The molecule has 0 spiro atoms. The van der Waals surface area contributed by atoms with Gasteiger partial charge in [-0.1, -0.05) is 36.4 Å². The van der Waals surface area contributed by atoms with Gasteiger partial charge in [0.25, 0.3) is 0 Å². The fourth-order valence-corrected chi connectivity index (χ4v) is 4.00. The third kappa shape index (κ3) is 4.40. The summed E-state index contributed by atoms with van der Waals surface area (Å²) >= 11 is 0. The fraction of sp³-hybridized carbons (Fsp3) is 0.308. The summed E-state index contributed by atoms with van der Waals surface area (Å²) in [5, 5.41) is 0. The summed E-state index contributed by atoms with van der Waals surface area (Å²) in [4.78, 5) is 0. The average molecular weight is 391 g/mol. The van der Waals surface area contributed by atoms with E-state index in [0.717, 1.165) is 34.8 Å². The summed E-state index contributed by atoms with van der Waals surface area (Å²) in [5.74, 6) is 2.95. The van der Waals surface area contributed by atoms with E-state index in [2.05, 4.69) is 63.2 Å². The van der Waals surface area contributed by atoms with Crippen LogP contribution in [0.25, 0.3) is 0 Å². The van der Waals surface area contributed by atoms with E-state index in [1.54, 1.807) is 21.3 Å². The molecule has 3 aromatic carbocycles. The Balaban J connectivity index is 2.12. The SMILES string of the molecule is COc1ccc(C(Cc2c(C)cccc2OC)c2ccc(OC)c(C)c2)cc1C. The van der Waals surface area contributed by atoms with Crippen molar-refractivity contribution >= 4 is 0 Å². The van der Waals surface area contributed by atoms with Crippen molar-refractivity contribution in [1.82, 2.24) is 0 Å². The van der Waals surface area contributed by atoms with Crippen molar-refractivity contribution in [3.05, 3.63) is 88.0 Å². The van der Waals surface area contributed by atoms with Crippen molar-refractivity contribution in [2.45, 2.75) is 33.1 Å². The molecule has 0 saturated carbocycles. The molecule has 29 heavy (non-hydrogen) atoms. The van der Waals surface area contributed by atoms with Gasteiger partial charge in [-0.2, -0.15) is 0 Å². The van der Waals surface area contributed by atoms with Crippen molar-refractivity contribution < 1.29 is 14.2 Å². The summed E-state index contributed by atoms with van der Waals surface area (Å²) < 4.78 is 16.6. The van der Waals surface area contributed by atoms with Crippen molar-refractivity contribution in [1.29, 1.82) is 0 Å². The third-order valence-electron chi connectivity index (χ3n) is 5.64. The summed E-state index contributed by atoms with van der Waals surface area (Å²) in [5.41, 5.74) is 7.28. The smallest absolute Gasteiger partial charge is 0.122 e. The molecular formula is C26H30O3. The van der Waals surface area contributed by atoms with Crippen LogP contribution in [0, 0.1) is 20.8 Å². The lowest BCUT2D eigenvalue weighted by molar-refractivity contribution is 0.407. The molecule has 0 heterocycles. The maximum absolute atomic E-state index is 5.68. The van der Waals surface area contributed by atoms with Crippen LogP contribution in [0.1, 0.15) is 39.3 Å². The molecule has 3 heteroatoms. The van der Waals surface area contributed by atoms with E-state index in [9.17, 15) is 0 Å². The van der Waals surface area contributed by atoms with E-state index >= 15 is 0 Å². The van der Waals surface area contributed by atoms with Gasteiger partial charge in [0.05, 0.1) is 21.3 Å². The minimum absolute atomic E-state index is 0.194. The second kappa shape index (κ2) is 9.04. The van der Waals surface area contributed by atoms with Gasteiger partial charge in [0.1, 0.15) is 17.2 Å². The van der Waals surface area contributed by atoms with Gasteiger partial charge in [-0.05, 0) is 78.8 Å². The Hall–Kier alpha value is -2.94. The van der Waals surface area contributed by atoms with Gasteiger partial charge in [0.15, 0.2) is 0 Å². The van der Waals surface area contributed by atoms with Crippen molar-refractivity contribution in [3.8, 4) is 17.2 Å². The third-order valence-corrected chi connectivity index (χ3v) is 5.64. The second-order valence-electron chi connectivity index (χ2n) is 7.47. The van der Waals surface area contributed by atoms with Crippen molar-refractivity contribution in [3.63, 3.8) is 0 Å². The molecule has 0 atom stereocenters. The van der Waals surface area contributed by atoms with Gasteiger partial charge in [-0.15, -0.1) is 0 Å². The zero-order valence-corrected chi connectivity index (χ0v) is 18.2. The highest BCUT2D eigenvalue weighted by Gasteiger charge is 2.20. The first-order valence-corrected chi connectivity index (χ1v) is 9.90. The average Bonchev–Trinajstić information content (AvgIpc) is 2.72. The minimum Gasteiger partial charge on any atom is -0.496 e. The number of benzene rings is 3. The van der Waals surface area contributed by atoms with Crippen LogP contribution in [0.5, 0.6) is 17.2 Å². The normalized spacial score (nSPS) is 10.9. The number of rotatable bonds is 7. The fourth-order valence-electron chi connectivity index (χ4n) is 4.00. The van der Waals surface area contributed by atoms with Crippen LogP contribution in [0.15, 0.2) is 54.6 Å². The molecule has 0 aliphatic carbocycles. The zero-order valence-electron chi connectivity index (χ0n) is 18.2. The molecular weight excluding hydrogens is 360 g/mol. The van der Waals surface area contributed by atoms with Gasteiger partial charge >= 0.3 is 0 Å². The summed E-state index contributed by atoms with van der Waals surface area (Å²) in [6.07, 6.45) is 0.855. The van der Waals surface area contributed by atoms with Gasteiger partial charge in [-0.25, -0.2) is 0 Å². The molecule has 0 radical (unpaired) electrons. The lowest BCUT2D eigenvalue weighted by Gasteiger charge is -2.23. The molecule has 3 rings (SSSR count). The molecule has 0 N–H and O–H groups in total. The Morgan fingerprint density at radius 1 is 0.621 bits per heavy atom. The van der Waals surface area contributed by atoms with Crippen LogP contribution in [0.3, 0.4) is 0 Å². The number of aryl methyl sites for hydroxylation is 3. The number of hydrogen-bond acceptors (Lipinski definition) is 3. The predicted octanol–water partition coefficient (Wildman–Crippen LogP) is 6.01. The van der Waals surface area contributed by atoms with E-state index in [-0.39, 0.29) is 5.92 Å².